The van der Waals surface area contributed by atoms with Gasteiger partial charge in [-0.1, -0.05) is 25.6 Å². The molecule has 0 saturated heterocycles. The number of aromatic nitrogens is 4. The van der Waals surface area contributed by atoms with Crippen LogP contribution in [0.1, 0.15) is 26.7 Å². The van der Waals surface area contributed by atoms with Crippen molar-refractivity contribution in [1.29, 1.82) is 0 Å². The van der Waals surface area contributed by atoms with Crippen LogP contribution in [0.3, 0.4) is 0 Å². The summed E-state index contributed by atoms with van der Waals surface area (Å²) >= 11 is 1.72. The van der Waals surface area contributed by atoms with E-state index >= 15 is 0 Å². The average Bonchev–Trinajstić information content (AvgIpc) is 2.57. The molecule has 5 nitrogen and oxygen atoms in total. The van der Waals surface area contributed by atoms with Gasteiger partial charge in [0.05, 0.1) is 0 Å². The standard InChI is InChI=1S/C10H19N5S/c1-6-4-7(2)9(8(11)5-6)16-10-12-13-14-15(10)3/h6-9H,4-5,11H2,1-3H3. The zero-order chi connectivity index (χ0) is 11.7. The van der Waals surface area contributed by atoms with E-state index in [0.29, 0.717) is 11.2 Å². The highest BCUT2D eigenvalue weighted by molar-refractivity contribution is 7.99. The molecule has 6 heteroatoms. The first-order chi connectivity index (χ1) is 7.58. The molecule has 1 saturated carbocycles. The third-order valence-electron chi connectivity index (χ3n) is 3.25. The van der Waals surface area contributed by atoms with Crippen LogP contribution in [-0.2, 0) is 7.05 Å². The number of hydrogen-bond acceptors (Lipinski definition) is 5. The fourth-order valence-electron chi connectivity index (χ4n) is 2.53. The minimum atomic E-state index is 0.250. The van der Waals surface area contributed by atoms with Gasteiger partial charge in [-0.15, -0.1) is 5.10 Å². The fraction of sp³-hybridized carbons (Fsp3) is 0.900. The Morgan fingerprint density at radius 2 is 2.12 bits per heavy atom. The van der Waals surface area contributed by atoms with Crippen molar-refractivity contribution in [2.75, 3.05) is 0 Å². The van der Waals surface area contributed by atoms with Crippen molar-refractivity contribution >= 4 is 11.8 Å². The Bertz CT molecular complexity index is 341. The highest BCUT2D eigenvalue weighted by Gasteiger charge is 2.33. The van der Waals surface area contributed by atoms with Crippen LogP contribution in [0.25, 0.3) is 0 Å². The summed E-state index contributed by atoms with van der Waals surface area (Å²) in [7, 11) is 1.87. The van der Waals surface area contributed by atoms with E-state index in [0.717, 1.165) is 17.5 Å². The molecule has 0 aromatic carbocycles. The number of thioether (sulfide) groups is 1. The van der Waals surface area contributed by atoms with Crippen LogP contribution < -0.4 is 5.73 Å². The molecule has 1 heterocycles. The Morgan fingerprint density at radius 1 is 1.38 bits per heavy atom. The van der Waals surface area contributed by atoms with E-state index in [1.54, 1.807) is 16.4 Å². The second kappa shape index (κ2) is 4.71. The summed E-state index contributed by atoms with van der Waals surface area (Å²) in [6, 6.07) is 0.250. The van der Waals surface area contributed by atoms with Crippen molar-refractivity contribution in [3.8, 4) is 0 Å². The van der Waals surface area contributed by atoms with Crippen molar-refractivity contribution in [2.45, 2.75) is 43.1 Å². The normalized spacial score (nSPS) is 35.2. The maximum atomic E-state index is 6.23. The highest BCUT2D eigenvalue weighted by atomic mass is 32.2. The molecule has 4 unspecified atom stereocenters. The number of hydrogen-bond donors (Lipinski definition) is 1. The van der Waals surface area contributed by atoms with Crippen LogP contribution in [0.5, 0.6) is 0 Å². The van der Waals surface area contributed by atoms with Crippen molar-refractivity contribution < 1.29 is 0 Å². The van der Waals surface area contributed by atoms with Crippen LogP contribution >= 0.6 is 11.8 Å². The van der Waals surface area contributed by atoms with Crippen molar-refractivity contribution in [3.63, 3.8) is 0 Å². The summed E-state index contributed by atoms with van der Waals surface area (Å²) in [5, 5.41) is 12.8. The number of rotatable bonds is 2. The molecule has 2 N–H and O–H groups in total. The summed E-state index contributed by atoms with van der Waals surface area (Å²) in [4.78, 5) is 0. The van der Waals surface area contributed by atoms with Crippen LogP contribution in [0.15, 0.2) is 5.16 Å². The summed E-state index contributed by atoms with van der Waals surface area (Å²) < 4.78 is 1.71. The Morgan fingerprint density at radius 3 is 2.69 bits per heavy atom. The van der Waals surface area contributed by atoms with Gasteiger partial charge in [-0.05, 0) is 35.1 Å². The fourth-order valence-corrected chi connectivity index (χ4v) is 3.68. The van der Waals surface area contributed by atoms with E-state index in [1.807, 2.05) is 7.05 Å². The minimum Gasteiger partial charge on any atom is -0.327 e. The van der Waals surface area contributed by atoms with Crippen LogP contribution in [-0.4, -0.2) is 31.5 Å². The zero-order valence-electron chi connectivity index (χ0n) is 10.00. The summed E-state index contributed by atoms with van der Waals surface area (Å²) in [5.41, 5.74) is 6.23. The Balaban J connectivity index is 2.06. The first-order valence-electron chi connectivity index (χ1n) is 5.72. The molecule has 1 aliphatic carbocycles. The largest absolute Gasteiger partial charge is 0.327 e. The van der Waals surface area contributed by atoms with E-state index in [-0.39, 0.29) is 6.04 Å². The SMILES string of the molecule is CC1CC(C)C(Sc2nnnn2C)C(N)C1. The van der Waals surface area contributed by atoms with Gasteiger partial charge in [-0.3, -0.25) is 0 Å². The molecule has 1 fully saturated rings. The average molecular weight is 241 g/mol. The lowest BCUT2D eigenvalue weighted by Gasteiger charge is -2.36. The summed E-state index contributed by atoms with van der Waals surface area (Å²) in [5.74, 6) is 1.36. The third-order valence-corrected chi connectivity index (χ3v) is 4.90. The van der Waals surface area contributed by atoms with Crippen molar-refractivity contribution in [1.82, 2.24) is 20.2 Å². The molecule has 0 aliphatic heterocycles. The Labute approximate surface area is 100 Å². The van der Waals surface area contributed by atoms with Gasteiger partial charge in [0.2, 0.25) is 5.16 Å². The highest BCUT2D eigenvalue weighted by Crippen LogP contribution is 2.37. The molecule has 90 valence electrons. The van der Waals surface area contributed by atoms with Gasteiger partial charge >= 0.3 is 0 Å². The quantitative estimate of drug-likeness (QED) is 0.838. The van der Waals surface area contributed by atoms with Gasteiger partial charge in [0.1, 0.15) is 0 Å². The van der Waals surface area contributed by atoms with Crippen molar-refractivity contribution in [2.24, 2.45) is 24.6 Å². The van der Waals surface area contributed by atoms with Gasteiger partial charge in [-0.2, -0.15) is 0 Å². The van der Waals surface area contributed by atoms with E-state index < -0.39 is 0 Å². The molecule has 0 radical (unpaired) electrons. The predicted octanol–water partition coefficient (Wildman–Crippen LogP) is 1.06. The molecule has 0 bridgehead atoms. The van der Waals surface area contributed by atoms with Crippen LogP contribution in [0, 0.1) is 11.8 Å². The first kappa shape index (κ1) is 11.9. The van der Waals surface area contributed by atoms with Gasteiger partial charge in [0.15, 0.2) is 0 Å². The van der Waals surface area contributed by atoms with Gasteiger partial charge in [0, 0.05) is 18.3 Å². The molecule has 0 spiro atoms. The maximum absolute atomic E-state index is 6.23. The van der Waals surface area contributed by atoms with E-state index in [1.165, 1.54) is 6.42 Å². The molecule has 1 aromatic heterocycles. The molecule has 16 heavy (non-hydrogen) atoms. The lowest BCUT2D eigenvalue weighted by Crippen LogP contribution is -2.43. The van der Waals surface area contributed by atoms with E-state index in [9.17, 15) is 0 Å². The van der Waals surface area contributed by atoms with Crippen molar-refractivity contribution in [3.05, 3.63) is 0 Å². The topological polar surface area (TPSA) is 69.6 Å². The summed E-state index contributed by atoms with van der Waals surface area (Å²) in [6.45, 7) is 4.55. The van der Waals surface area contributed by atoms with Gasteiger partial charge in [-0.25, -0.2) is 4.68 Å². The minimum absolute atomic E-state index is 0.250. The monoisotopic (exact) mass is 241 g/mol. The number of nitrogens with zero attached hydrogens (tertiary/aromatic N) is 4. The molecule has 1 aromatic rings. The van der Waals surface area contributed by atoms with Gasteiger partial charge < -0.3 is 5.73 Å². The Hall–Kier alpha value is -0.620. The van der Waals surface area contributed by atoms with E-state index in [4.69, 9.17) is 5.73 Å². The predicted molar refractivity (Wildman–Crippen MR) is 64.0 cm³/mol. The second-order valence-electron chi connectivity index (χ2n) is 4.89. The number of aryl methyl sites for hydroxylation is 1. The lowest BCUT2D eigenvalue weighted by atomic mass is 9.80. The molecule has 2 rings (SSSR count). The Kier molecular flexibility index (Phi) is 3.49. The lowest BCUT2D eigenvalue weighted by molar-refractivity contribution is 0.279. The summed E-state index contributed by atoms with van der Waals surface area (Å²) in [6.07, 6.45) is 2.35. The van der Waals surface area contributed by atoms with Crippen LogP contribution in [0.4, 0.5) is 0 Å². The third kappa shape index (κ3) is 2.38. The molecule has 0 amide bonds. The molecular weight excluding hydrogens is 222 g/mol. The number of nitrogens with two attached hydrogens (primary N) is 1. The number of tetrazole rings is 1. The second-order valence-corrected chi connectivity index (χ2v) is 6.03. The van der Waals surface area contributed by atoms with E-state index in [2.05, 4.69) is 29.4 Å². The molecule has 4 atom stereocenters. The first-order valence-corrected chi connectivity index (χ1v) is 6.60. The molecular formula is C10H19N5S. The molecule has 1 aliphatic rings. The van der Waals surface area contributed by atoms with Gasteiger partial charge in [0.25, 0.3) is 0 Å². The zero-order valence-corrected chi connectivity index (χ0v) is 10.8. The maximum Gasteiger partial charge on any atom is 0.209 e. The van der Waals surface area contributed by atoms with Crippen LogP contribution in [0.2, 0.25) is 0 Å². The smallest absolute Gasteiger partial charge is 0.209 e.